The molecule has 0 aromatic rings. The van der Waals surface area contributed by atoms with Gasteiger partial charge in [0, 0.05) is 162 Å². The number of thioether (sulfide) groups is 8. The average Bonchev–Trinajstić information content (AvgIpc) is 1.30. The minimum absolute atomic E-state index is 0.105. The molecule has 0 rings (SSSR count). The molecule has 0 unspecified atom stereocenters. The summed E-state index contributed by atoms with van der Waals surface area (Å²) in [5, 5.41) is 0. The first-order valence-electron chi connectivity index (χ1n) is 38.9. The van der Waals surface area contributed by atoms with Crippen LogP contribution in [0, 0.1) is 0 Å². The fraction of sp³-hybridized carbons (Fsp3) is 0.918. The highest BCUT2D eigenvalue weighted by Crippen LogP contribution is 2.15. The van der Waals surface area contributed by atoms with Crippen molar-refractivity contribution in [3.8, 4) is 0 Å². The Labute approximate surface area is 665 Å². The highest BCUT2D eigenvalue weighted by Gasteiger charge is 2.17. The van der Waals surface area contributed by atoms with E-state index in [2.05, 4.69) is 12.3 Å². The Hall–Kier alpha value is -0.180. The number of carbonyl (C=O) groups excluding carboxylic acids is 4. The molecule has 0 aromatic heterocycles. The molecule has 0 spiro atoms. The molecule has 104 heavy (non-hydrogen) atoms. The third kappa shape index (κ3) is 75.8. The van der Waals surface area contributed by atoms with Gasteiger partial charge in [-0.3, -0.25) is 19.2 Å². The van der Waals surface area contributed by atoms with E-state index in [4.69, 9.17) is 67.7 Å². The van der Waals surface area contributed by atoms with Crippen LogP contribution in [0.4, 0.5) is 0 Å². The molecule has 2 N–H and O–H groups in total. The topological polar surface area (TPSA) is 236 Å². The van der Waals surface area contributed by atoms with Crippen LogP contribution >= 0.6 is 94.1 Å². The molecule has 23 nitrogen and oxygen atoms in total. The van der Waals surface area contributed by atoms with Gasteiger partial charge in [-0.25, -0.2) is 0 Å². The van der Waals surface area contributed by atoms with Crippen LogP contribution in [0.5, 0.6) is 0 Å². The number of carbonyl (C=O) groups is 4. The Morgan fingerprint density at radius 2 is 0.500 bits per heavy atom. The van der Waals surface area contributed by atoms with Gasteiger partial charge in [0.15, 0.2) is 0 Å². The quantitative estimate of drug-likeness (QED) is 0.0441. The van der Waals surface area contributed by atoms with E-state index < -0.39 is 0 Å². The molecule has 0 bridgehead atoms. The SMILES string of the molecule is [2H]NCCCSCCOCCOCCSCCC(=O)N(CCCSCCCCSCCC(=O)N(CCCSCCOCCOCCSCCC(=O)N(CCCSCCOCCOCCSCCC(=O)N(CC=C)CCOCCOCC)CCOCCOCC)CCOCCOCC)CCOCCOCC. The third-order valence-electron chi connectivity index (χ3n) is 14.7. The van der Waals surface area contributed by atoms with Crippen molar-refractivity contribution in [3.05, 3.63) is 12.7 Å². The third-order valence-corrected chi connectivity index (χ3v) is 22.9. The molecule has 0 aliphatic carbocycles. The van der Waals surface area contributed by atoms with E-state index in [1.807, 2.05) is 101 Å². The predicted octanol–water partition coefficient (Wildman–Crippen LogP) is 9.52. The first-order chi connectivity index (χ1) is 51.8. The number of unbranched alkanes of at least 4 members (excludes halogenated alkanes) is 1. The van der Waals surface area contributed by atoms with Crippen LogP contribution in [-0.4, -0.2) is 379 Å². The Morgan fingerprint density at radius 1 is 0.279 bits per heavy atom. The molecular formula is C73H143N5O18S8. The second-order valence-corrected chi connectivity index (χ2v) is 32.8. The van der Waals surface area contributed by atoms with E-state index in [0.717, 1.165) is 144 Å². The maximum absolute atomic E-state index is 13.4. The molecule has 0 aliphatic rings. The molecule has 0 aliphatic heterocycles. The fourth-order valence-corrected chi connectivity index (χ4v) is 15.6. The van der Waals surface area contributed by atoms with Crippen LogP contribution in [0.3, 0.4) is 0 Å². The number of nitrogens with two attached hydrogens (primary N) is 1. The van der Waals surface area contributed by atoms with Gasteiger partial charge in [-0.2, -0.15) is 94.1 Å². The van der Waals surface area contributed by atoms with Crippen molar-refractivity contribution in [1.29, 1.82) is 0 Å². The summed E-state index contributed by atoms with van der Waals surface area (Å²) in [6.07, 6.45) is 9.70. The number of ether oxygens (including phenoxy) is 14. The Morgan fingerprint density at radius 3 is 0.779 bits per heavy atom. The van der Waals surface area contributed by atoms with Crippen LogP contribution in [0.2, 0.25) is 1.41 Å². The van der Waals surface area contributed by atoms with Crippen LogP contribution in [-0.2, 0) is 85.5 Å². The summed E-state index contributed by atoms with van der Waals surface area (Å²) in [7, 11) is 0. The lowest BCUT2D eigenvalue weighted by Crippen LogP contribution is -2.35. The molecule has 0 saturated carbocycles. The molecule has 616 valence electrons. The van der Waals surface area contributed by atoms with E-state index in [-0.39, 0.29) is 23.6 Å². The lowest BCUT2D eigenvalue weighted by atomic mass is 10.3. The second kappa shape index (κ2) is 88.4. The predicted molar refractivity (Wildman–Crippen MR) is 445 cm³/mol. The maximum atomic E-state index is 13.4. The normalized spacial score (nSPS) is 11.6. The van der Waals surface area contributed by atoms with Crippen LogP contribution in [0.15, 0.2) is 12.7 Å². The minimum Gasteiger partial charge on any atom is -0.379 e. The van der Waals surface area contributed by atoms with E-state index in [0.29, 0.717) is 256 Å². The number of hydrogen-bond donors (Lipinski definition) is 1. The summed E-state index contributed by atoms with van der Waals surface area (Å²) in [6.45, 7) is 33.4. The largest absolute Gasteiger partial charge is 0.379 e. The van der Waals surface area contributed by atoms with Crippen molar-refractivity contribution in [3.63, 3.8) is 0 Å². The van der Waals surface area contributed by atoms with Gasteiger partial charge >= 0.3 is 0 Å². The first-order valence-corrected chi connectivity index (χ1v) is 47.6. The molecule has 0 heterocycles. The summed E-state index contributed by atoms with van der Waals surface area (Å²) in [4.78, 5) is 60.4. The highest BCUT2D eigenvalue weighted by atomic mass is 32.2. The van der Waals surface area contributed by atoms with Crippen molar-refractivity contribution in [1.82, 2.24) is 19.6 Å². The Balaban J connectivity index is 4.35. The molecular weight excluding hydrogens is 1490 g/mol. The molecule has 0 saturated heterocycles. The molecule has 0 atom stereocenters. The van der Waals surface area contributed by atoms with Crippen molar-refractivity contribution < 1.29 is 86.9 Å². The van der Waals surface area contributed by atoms with Gasteiger partial charge in [0.1, 0.15) is 1.41 Å². The minimum atomic E-state index is 0.105. The van der Waals surface area contributed by atoms with Crippen molar-refractivity contribution >= 4 is 118 Å². The summed E-state index contributed by atoms with van der Waals surface area (Å²) in [5.74, 6) is 14.9. The summed E-state index contributed by atoms with van der Waals surface area (Å²) >= 11 is 14.5. The standard InChI is InChI=1S/C73H143N5O18S8/c1-6-22-75(26-30-87-38-34-83-7-2)70(79)18-61-102-67-51-95-46-43-92-50-66-101-59-16-25-78(29-33-90-41-37-86-10-5)73(82)20-63-104-69-53-96-47-44-93-49-65-100-58-15-24-77(28-32-89-40-36-85-9-4)71(80)17-60-98-55-12-11-54-97-57-14-23-76(27-31-88-39-35-84-8-3)72(81)19-62-103-68-52-94-45-42-91-48-64-99-56-13-21-74/h6H,1,7-69,74H2,2-5H3/i/hD. The first kappa shape index (κ1) is 102. The van der Waals surface area contributed by atoms with Gasteiger partial charge in [-0.05, 0) is 107 Å². The van der Waals surface area contributed by atoms with E-state index in [1.165, 1.54) is 0 Å². The van der Waals surface area contributed by atoms with E-state index in [1.54, 1.807) is 46.3 Å². The Kier molecular flexibility index (Phi) is 86.5. The zero-order valence-electron chi connectivity index (χ0n) is 65.7. The van der Waals surface area contributed by atoms with E-state index in [9.17, 15) is 19.2 Å². The number of hydrogen-bond acceptors (Lipinski definition) is 27. The average molecular weight is 1640 g/mol. The number of rotatable bonds is 90. The van der Waals surface area contributed by atoms with Crippen LogP contribution < -0.4 is 5.73 Å². The Bertz CT molecular complexity index is 1870. The fourth-order valence-electron chi connectivity index (χ4n) is 9.13. The maximum Gasteiger partial charge on any atom is 0.223 e. The summed E-state index contributed by atoms with van der Waals surface area (Å²) < 4.78 is 86.0. The molecule has 0 aromatic carbocycles. The highest BCUT2D eigenvalue weighted by molar-refractivity contribution is 8.00. The van der Waals surface area contributed by atoms with Crippen molar-refractivity contribution in [2.24, 2.45) is 5.73 Å². The summed E-state index contributed by atoms with van der Waals surface area (Å²) in [6, 6.07) is 0. The monoisotopic (exact) mass is 1630 g/mol. The van der Waals surface area contributed by atoms with Crippen LogP contribution in [0.1, 0.15) is 91.9 Å². The number of nitrogens with zero attached hydrogens (tertiary/aromatic N) is 4. The molecule has 4 amide bonds. The molecule has 0 radical (unpaired) electrons. The van der Waals surface area contributed by atoms with Crippen molar-refractivity contribution in [2.45, 2.75) is 91.9 Å². The van der Waals surface area contributed by atoms with Gasteiger partial charge in [0.25, 0.3) is 0 Å². The van der Waals surface area contributed by atoms with Gasteiger partial charge in [0.05, 0.1) is 159 Å². The van der Waals surface area contributed by atoms with Gasteiger partial charge in [-0.15, -0.1) is 6.58 Å². The molecule has 0 fully saturated rings. The van der Waals surface area contributed by atoms with Crippen molar-refractivity contribution in [2.75, 3.05) is 336 Å². The van der Waals surface area contributed by atoms with Gasteiger partial charge in [0.2, 0.25) is 23.6 Å². The lowest BCUT2D eigenvalue weighted by Gasteiger charge is -2.23. The number of amides is 4. The molecule has 31 heteroatoms. The van der Waals surface area contributed by atoms with Gasteiger partial charge < -0.3 is 91.6 Å². The summed E-state index contributed by atoms with van der Waals surface area (Å²) in [5.41, 5.74) is 2.42. The second-order valence-electron chi connectivity index (χ2n) is 23.0. The van der Waals surface area contributed by atoms with Crippen LogP contribution in [0.25, 0.3) is 0 Å². The lowest BCUT2D eigenvalue weighted by molar-refractivity contribution is -0.132. The zero-order chi connectivity index (χ0) is 76.1. The smallest absolute Gasteiger partial charge is 0.223 e. The van der Waals surface area contributed by atoms with E-state index >= 15 is 0 Å². The zero-order valence-corrected chi connectivity index (χ0v) is 71.3. The van der Waals surface area contributed by atoms with Gasteiger partial charge in [-0.1, -0.05) is 6.08 Å².